The summed E-state index contributed by atoms with van der Waals surface area (Å²) in [4.78, 5) is 24.7. The van der Waals surface area contributed by atoms with E-state index in [1.165, 1.54) is 14.0 Å². The molecule has 21 heavy (non-hydrogen) atoms. The molecule has 1 fully saturated rings. The minimum Gasteiger partial charge on any atom is -0.465 e. The van der Waals surface area contributed by atoms with E-state index in [-0.39, 0.29) is 11.9 Å². The Bertz CT molecular complexity index is 537. The van der Waals surface area contributed by atoms with Crippen molar-refractivity contribution in [3.8, 4) is 0 Å². The molecule has 114 valence electrons. The number of benzene rings is 1. The number of ether oxygens (including phenoxy) is 1. The van der Waals surface area contributed by atoms with Crippen molar-refractivity contribution in [3.05, 3.63) is 23.8 Å². The van der Waals surface area contributed by atoms with Gasteiger partial charge >= 0.3 is 5.97 Å². The van der Waals surface area contributed by atoms with Gasteiger partial charge in [0.15, 0.2) is 0 Å². The molecule has 1 aromatic carbocycles. The van der Waals surface area contributed by atoms with E-state index in [2.05, 4.69) is 15.0 Å². The largest absolute Gasteiger partial charge is 0.465 e. The van der Waals surface area contributed by atoms with Gasteiger partial charge in [-0.2, -0.15) is 0 Å². The first-order chi connectivity index (χ1) is 10.0. The van der Waals surface area contributed by atoms with Crippen LogP contribution in [-0.2, 0) is 9.53 Å². The van der Waals surface area contributed by atoms with Crippen LogP contribution in [0.25, 0.3) is 0 Å². The summed E-state index contributed by atoms with van der Waals surface area (Å²) in [6, 6.07) is 5.44. The number of nitrogens with two attached hydrogens (primary N) is 1. The number of amides is 1. The standard InChI is InChI=1S/C15H21N3O3/c1-10(19)17-12-5-7-18(8-6-12)14-4-3-11(9-13(14)16)15(20)21-2/h3-4,9,12H,5-8,16H2,1-2H3,(H,17,19). The second kappa shape index (κ2) is 6.47. The van der Waals surface area contributed by atoms with Crippen molar-refractivity contribution in [2.45, 2.75) is 25.8 Å². The third-order valence-corrected chi connectivity index (χ3v) is 3.69. The van der Waals surface area contributed by atoms with Crippen LogP contribution >= 0.6 is 0 Å². The van der Waals surface area contributed by atoms with E-state index in [1.54, 1.807) is 12.1 Å². The molecule has 6 nitrogen and oxygen atoms in total. The molecule has 1 saturated heterocycles. The Morgan fingerprint density at radius 3 is 2.52 bits per heavy atom. The van der Waals surface area contributed by atoms with E-state index in [4.69, 9.17) is 5.73 Å². The smallest absolute Gasteiger partial charge is 0.337 e. The van der Waals surface area contributed by atoms with Crippen LogP contribution in [0.4, 0.5) is 11.4 Å². The normalized spacial score (nSPS) is 15.6. The van der Waals surface area contributed by atoms with E-state index in [1.807, 2.05) is 6.07 Å². The van der Waals surface area contributed by atoms with Crippen molar-refractivity contribution in [2.24, 2.45) is 0 Å². The van der Waals surface area contributed by atoms with Crippen molar-refractivity contribution in [1.82, 2.24) is 5.32 Å². The maximum Gasteiger partial charge on any atom is 0.337 e. The quantitative estimate of drug-likeness (QED) is 0.645. The van der Waals surface area contributed by atoms with Crippen molar-refractivity contribution in [3.63, 3.8) is 0 Å². The number of nitrogen functional groups attached to an aromatic ring is 1. The number of rotatable bonds is 3. The zero-order valence-corrected chi connectivity index (χ0v) is 12.4. The summed E-state index contributed by atoms with van der Waals surface area (Å²) >= 11 is 0. The summed E-state index contributed by atoms with van der Waals surface area (Å²) in [6.45, 7) is 3.19. The highest BCUT2D eigenvalue weighted by Crippen LogP contribution is 2.27. The third-order valence-electron chi connectivity index (χ3n) is 3.69. The van der Waals surface area contributed by atoms with Gasteiger partial charge in [-0.05, 0) is 31.0 Å². The topological polar surface area (TPSA) is 84.7 Å². The highest BCUT2D eigenvalue weighted by atomic mass is 16.5. The molecule has 0 saturated carbocycles. The number of carbonyl (C=O) groups excluding carboxylic acids is 2. The highest BCUT2D eigenvalue weighted by molar-refractivity contribution is 5.92. The van der Waals surface area contributed by atoms with Gasteiger partial charge < -0.3 is 20.7 Å². The van der Waals surface area contributed by atoms with E-state index >= 15 is 0 Å². The number of anilines is 2. The molecule has 0 atom stereocenters. The van der Waals surface area contributed by atoms with E-state index < -0.39 is 5.97 Å². The molecule has 0 unspecified atom stereocenters. The van der Waals surface area contributed by atoms with Gasteiger partial charge in [0.25, 0.3) is 0 Å². The van der Waals surface area contributed by atoms with Gasteiger partial charge in [0.2, 0.25) is 5.91 Å². The van der Waals surface area contributed by atoms with Crippen LogP contribution in [0.1, 0.15) is 30.1 Å². The molecule has 1 aromatic rings. The number of nitrogens with one attached hydrogen (secondary N) is 1. The maximum atomic E-state index is 11.5. The summed E-state index contributed by atoms with van der Waals surface area (Å²) in [7, 11) is 1.35. The molecule has 0 radical (unpaired) electrons. The summed E-state index contributed by atoms with van der Waals surface area (Å²) in [6.07, 6.45) is 1.77. The molecule has 6 heteroatoms. The molecule has 1 aliphatic heterocycles. The molecular weight excluding hydrogens is 270 g/mol. The number of hydrogen-bond donors (Lipinski definition) is 2. The first-order valence-corrected chi connectivity index (χ1v) is 7.01. The highest BCUT2D eigenvalue weighted by Gasteiger charge is 2.21. The fraction of sp³-hybridized carbons (Fsp3) is 0.467. The van der Waals surface area contributed by atoms with Gasteiger partial charge in [-0.25, -0.2) is 4.79 Å². The van der Waals surface area contributed by atoms with Gasteiger partial charge in [0.1, 0.15) is 0 Å². The van der Waals surface area contributed by atoms with Gasteiger partial charge in [0, 0.05) is 26.1 Å². The van der Waals surface area contributed by atoms with Crippen molar-refractivity contribution < 1.29 is 14.3 Å². The zero-order valence-electron chi connectivity index (χ0n) is 12.4. The predicted octanol–water partition coefficient (Wildman–Crippen LogP) is 1.16. The van der Waals surface area contributed by atoms with Crippen LogP contribution in [0.5, 0.6) is 0 Å². The molecule has 0 spiro atoms. The Morgan fingerprint density at radius 1 is 1.33 bits per heavy atom. The van der Waals surface area contributed by atoms with Crippen LogP contribution in [0, 0.1) is 0 Å². The number of nitrogens with zero attached hydrogens (tertiary/aromatic N) is 1. The number of carbonyl (C=O) groups is 2. The summed E-state index contributed by atoms with van der Waals surface area (Å²) < 4.78 is 4.68. The van der Waals surface area contributed by atoms with Gasteiger partial charge in [-0.1, -0.05) is 0 Å². The molecule has 0 aliphatic carbocycles. The van der Waals surface area contributed by atoms with Crippen LogP contribution < -0.4 is 16.0 Å². The van der Waals surface area contributed by atoms with Crippen molar-refractivity contribution >= 4 is 23.3 Å². The monoisotopic (exact) mass is 291 g/mol. The molecule has 1 amide bonds. The van der Waals surface area contributed by atoms with Crippen LogP contribution in [0.3, 0.4) is 0 Å². The molecular formula is C15H21N3O3. The second-order valence-corrected chi connectivity index (χ2v) is 5.23. The first kappa shape index (κ1) is 15.2. The van der Waals surface area contributed by atoms with Gasteiger partial charge in [0.05, 0.1) is 24.0 Å². The Morgan fingerprint density at radius 2 is 2.00 bits per heavy atom. The molecule has 2 rings (SSSR count). The van der Waals surface area contributed by atoms with Crippen molar-refractivity contribution in [1.29, 1.82) is 0 Å². The third kappa shape index (κ3) is 3.65. The number of hydrogen-bond acceptors (Lipinski definition) is 5. The lowest BCUT2D eigenvalue weighted by Gasteiger charge is -2.34. The van der Waals surface area contributed by atoms with Gasteiger partial charge in [-0.15, -0.1) is 0 Å². The second-order valence-electron chi connectivity index (χ2n) is 5.23. The minimum absolute atomic E-state index is 0.00962. The fourth-order valence-corrected chi connectivity index (χ4v) is 2.64. The molecule has 0 bridgehead atoms. The average Bonchev–Trinajstić information content (AvgIpc) is 2.47. The van der Waals surface area contributed by atoms with Crippen molar-refractivity contribution in [2.75, 3.05) is 30.8 Å². The van der Waals surface area contributed by atoms with E-state index in [9.17, 15) is 9.59 Å². The Kier molecular flexibility index (Phi) is 4.67. The fourth-order valence-electron chi connectivity index (χ4n) is 2.64. The molecule has 0 aromatic heterocycles. The Labute approximate surface area is 124 Å². The Balaban J connectivity index is 2.03. The molecule has 1 heterocycles. The lowest BCUT2D eigenvalue weighted by atomic mass is 10.0. The maximum absolute atomic E-state index is 11.5. The van der Waals surface area contributed by atoms with Gasteiger partial charge in [-0.3, -0.25) is 4.79 Å². The Hall–Kier alpha value is -2.24. The summed E-state index contributed by atoms with van der Waals surface area (Å²) in [5.41, 5.74) is 7.98. The lowest BCUT2D eigenvalue weighted by molar-refractivity contribution is -0.119. The number of methoxy groups -OCH3 is 1. The number of piperidine rings is 1. The van der Waals surface area contributed by atoms with Crippen LogP contribution in [0.15, 0.2) is 18.2 Å². The summed E-state index contributed by atoms with van der Waals surface area (Å²) in [5.74, 6) is -0.381. The number of esters is 1. The predicted molar refractivity (Wildman–Crippen MR) is 81.2 cm³/mol. The first-order valence-electron chi connectivity index (χ1n) is 7.01. The van der Waals surface area contributed by atoms with E-state index in [0.717, 1.165) is 31.6 Å². The molecule has 3 N–H and O–H groups in total. The van der Waals surface area contributed by atoms with Crippen LogP contribution in [0.2, 0.25) is 0 Å². The average molecular weight is 291 g/mol. The van der Waals surface area contributed by atoms with Crippen LogP contribution in [-0.4, -0.2) is 38.1 Å². The lowest BCUT2D eigenvalue weighted by Crippen LogP contribution is -2.44. The SMILES string of the molecule is COC(=O)c1ccc(N2CCC(NC(C)=O)CC2)c(N)c1. The minimum atomic E-state index is -0.391. The molecule has 1 aliphatic rings. The summed E-state index contributed by atoms with van der Waals surface area (Å²) in [5, 5.41) is 2.94. The zero-order chi connectivity index (χ0) is 15.4. The van der Waals surface area contributed by atoms with E-state index in [0.29, 0.717) is 11.3 Å².